The molecule has 0 heterocycles. The zero-order valence-electron chi connectivity index (χ0n) is 7.79. The van der Waals surface area contributed by atoms with E-state index in [4.69, 9.17) is 11.6 Å². The highest BCUT2D eigenvalue weighted by molar-refractivity contribution is 6.30. The molecule has 13 heavy (non-hydrogen) atoms. The molecule has 1 aromatic carbocycles. The average Bonchev–Trinajstić information content (AvgIpc) is 2.08. The van der Waals surface area contributed by atoms with Gasteiger partial charge in [0.1, 0.15) is 0 Å². The molecule has 0 saturated heterocycles. The Morgan fingerprint density at radius 3 is 2.46 bits per heavy atom. The standard InChI is InChI=1S/C11H12ClN/c1-9(2)13-8-7-10-3-5-11(12)6-4-10/h3-7,9H,1-2H3. The summed E-state index contributed by atoms with van der Waals surface area (Å²) in [6.07, 6.45) is 1.84. The van der Waals surface area contributed by atoms with Gasteiger partial charge in [0, 0.05) is 11.1 Å². The first-order valence-corrected chi connectivity index (χ1v) is 4.60. The van der Waals surface area contributed by atoms with Gasteiger partial charge >= 0.3 is 0 Å². The lowest BCUT2D eigenvalue weighted by molar-refractivity contribution is 0.843. The summed E-state index contributed by atoms with van der Waals surface area (Å²) in [6, 6.07) is 7.87. The first kappa shape index (κ1) is 10.0. The molecule has 68 valence electrons. The van der Waals surface area contributed by atoms with Crippen molar-refractivity contribution in [1.29, 1.82) is 0 Å². The molecule has 0 radical (unpaired) electrons. The molecule has 0 aliphatic rings. The second-order valence-corrected chi connectivity index (χ2v) is 3.48. The van der Waals surface area contributed by atoms with Crippen molar-refractivity contribution in [2.75, 3.05) is 0 Å². The number of hydrogen-bond donors (Lipinski definition) is 0. The highest BCUT2D eigenvalue weighted by Gasteiger charge is 1.86. The van der Waals surface area contributed by atoms with Crippen LogP contribution in [0.4, 0.5) is 0 Å². The van der Waals surface area contributed by atoms with Crippen LogP contribution in [0, 0.1) is 0 Å². The maximum absolute atomic E-state index is 5.74. The van der Waals surface area contributed by atoms with Crippen molar-refractivity contribution in [3.63, 3.8) is 0 Å². The van der Waals surface area contributed by atoms with Crippen molar-refractivity contribution in [1.82, 2.24) is 0 Å². The lowest BCUT2D eigenvalue weighted by Crippen LogP contribution is -1.84. The van der Waals surface area contributed by atoms with Gasteiger partial charge in [-0.05, 0) is 37.4 Å². The van der Waals surface area contributed by atoms with Gasteiger partial charge in [-0.3, -0.25) is 0 Å². The summed E-state index contributed by atoms with van der Waals surface area (Å²) in [5.41, 5.74) is 1.06. The molecule has 0 aliphatic heterocycles. The van der Waals surface area contributed by atoms with Gasteiger partial charge in [0.25, 0.3) is 0 Å². The monoisotopic (exact) mass is 193 g/mol. The molecule has 0 aliphatic carbocycles. The van der Waals surface area contributed by atoms with E-state index >= 15 is 0 Å². The number of benzene rings is 1. The molecule has 2 heteroatoms. The van der Waals surface area contributed by atoms with Crippen molar-refractivity contribution < 1.29 is 0 Å². The molecule has 0 unspecified atom stereocenters. The normalized spacial score (nSPS) is 9.54. The molecule has 0 spiro atoms. The molecule has 0 atom stereocenters. The van der Waals surface area contributed by atoms with E-state index < -0.39 is 0 Å². The van der Waals surface area contributed by atoms with Gasteiger partial charge in [-0.25, -0.2) is 4.99 Å². The third-order valence-corrected chi connectivity index (χ3v) is 1.69. The summed E-state index contributed by atoms with van der Waals surface area (Å²) >= 11 is 5.74. The van der Waals surface area contributed by atoms with Crippen LogP contribution in [0.1, 0.15) is 19.4 Å². The highest BCUT2D eigenvalue weighted by Crippen LogP contribution is 2.09. The first-order chi connectivity index (χ1) is 6.18. The van der Waals surface area contributed by atoms with E-state index in [2.05, 4.69) is 10.9 Å². The predicted molar refractivity (Wildman–Crippen MR) is 58.5 cm³/mol. The second-order valence-electron chi connectivity index (χ2n) is 3.05. The van der Waals surface area contributed by atoms with Crippen molar-refractivity contribution in [2.45, 2.75) is 19.9 Å². The topological polar surface area (TPSA) is 12.4 Å². The highest BCUT2D eigenvalue weighted by atomic mass is 35.5. The van der Waals surface area contributed by atoms with E-state index in [9.17, 15) is 0 Å². The van der Waals surface area contributed by atoms with Gasteiger partial charge in [-0.1, -0.05) is 23.7 Å². The van der Waals surface area contributed by atoms with Crippen molar-refractivity contribution in [3.8, 4) is 0 Å². The minimum atomic E-state index is 0.295. The molecular formula is C11H12ClN. The Hall–Kier alpha value is -1.04. The first-order valence-electron chi connectivity index (χ1n) is 4.22. The van der Waals surface area contributed by atoms with Crippen LogP contribution >= 0.6 is 11.6 Å². The van der Waals surface area contributed by atoms with Crippen LogP contribution in [0.15, 0.2) is 29.3 Å². The predicted octanol–water partition coefficient (Wildman–Crippen LogP) is 3.43. The van der Waals surface area contributed by atoms with Crippen LogP contribution in [0.5, 0.6) is 0 Å². The number of halogens is 1. The largest absolute Gasteiger partial charge is 0.240 e. The van der Waals surface area contributed by atoms with E-state index in [1.165, 1.54) is 0 Å². The van der Waals surface area contributed by atoms with Crippen molar-refractivity contribution in [2.24, 2.45) is 4.99 Å². The molecule has 0 amide bonds. The Bertz CT molecular complexity index is 318. The Morgan fingerprint density at radius 1 is 1.31 bits per heavy atom. The number of rotatable bonds is 2. The number of hydrogen-bond acceptors (Lipinski definition) is 1. The van der Waals surface area contributed by atoms with Crippen LogP contribution in [0.25, 0.3) is 6.08 Å². The summed E-state index contributed by atoms with van der Waals surface area (Å²) in [7, 11) is 0. The van der Waals surface area contributed by atoms with Gasteiger partial charge in [-0.15, -0.1) is 0 Å². The fraction of sp³-hybridized carbons (Fsp3) is 0.273. The van der Waals surface area contributed by atoms with Crippen LogP contribution in [0.2, 0.25) is 5.02 Å². The molecule has 0 N–H and O–H groups in total. The molecule has 0 bridgehead atoms. The average molecular weight is 194 g/mol. The maximum Gasteiger partial charge on any atom is 0.0537 e. The fourth-order valence-corrected chi connectivity index (χ4v) is 0.946. The summed E-state index contributed by atoms with van der Waals surface area (Å²) < 4.78 is 0. The molecular weight excluding hydrogens is 182 g/mol. The summed E-state index contributed by atoms with van der Waals surface area (Å²) in [6.45, 7) is 4.03. The molecule has 0 fully saturated rings. The molecule has 1 rings (SSSR count). The SMILES string of the molecule is CC(C)N=C=Cc1ccc(Cl)cc1. The maximum atomic E-state index is 5.74. The second kappa shape index (κ2) is 4.86. The third kappa shape index (κ3) is 3.93. The molecule has 1 nitrogen and oxygen atoms in total. The van der Waals surface area contributed by atoms with Crippen LogP contribution in [-0.4, -0.2) is 11.9 Å². The quantitative estimate of drug-likeness (QED) is 0.639. The zero-order chi connectivity index (χ0) is 9.68. The van der Waals surface area contributed by atoms with Gasteiger partial charge in [-0.2, -0.15) is 0 Å². The minimum Gasteiger partial charge on any atom is -0.240 e. The molecule has 0 aromatic heterocycles. The van der Waals surface area contributed by atoms with Crippen LogP contribution in [-0.2, 0) is 0 Å². The van der Waals surface area contributed by atoms with E-state index in [1.807, 2.05) is 44.2 Å². The van der Waals surface area contributed by atoms with Crippen LogP contribution in [0.3, 0.4) is 0 Å². The summed E-state index contributed by atoms with van der Waals surface area (Å²) in [4.78, 5) is 4.10. The number of nitrogens with zero attached hydrogens (tertiary/aromatic N) is 1. The Labute approximate surface area is 83.8 Å². The molecule has 1 aromatic rings. The van der Waals surface area contributed by atoms with Crippen LogP contribution < -0.4 is 0 Å². The van der Waals surface area contributed by atoms with E-state index in [-0.39, 0.29) is 0 Å². The lowest BCUT2D eigenvalue weighted by Gasteiger charge is -1.91. The van der Waals surface area contributed by atoms with Gasteiger partial charge in [0.05, 0.1) is 6.04 Å². The van der Waals surface area contributed by atoms with Crippen molar-refractivity contribution in [3.05, 3.63) is 34.9 Å². The smallest absolute Gasteiger partial charge is 0.0537 e. The lowest BCUT2D eigenvalue weighted by atomic mass is 10.2. The Morgan fingerprint density at radius 2 is 1.92 bits per heavy atom. The zero-order valence-corrected chi connectivity index (χ0v) is 8.55. The van der Waals surface area contributed by atoms with E-state index in [0.717, 1.165) is 10.6 Å². The summed E-state index contributed by atoms with van der Waals surface area (Å²) in [5.74, 6) is 2.88. The summed E-state index contributed by atoms with van der Waals surface area (Å²) in [5, 5.41) is 0.748. The molecule has 0 saturated carbocycles. The van der Waals surface area contributed by atoms with E-state index in [0.29, 0.717) is 6.04 Å². The van der Waals surface area contributed by atoms with E-state index in [1.54, 1.807) is 0 Å². The minimum absolute atomic E-state index is 0.295. The van der Waals surface area contributed by atoms with Gasteiger partial charge in [0.2, 0.25) is 0 Å². The van der Waals surface area contributed by atoms with Gasteiger partial charge < -0.3 is 0 Å². The fourth-order valence-electron chi connectivity index (χ4n) is 0.820. The third-order valence-electron chi connectivity index (χ3n) is 1.43. The van der Waals surface area contributed by atoms with Crippen molar-refractivity contribution >= 4 is 23.5 Å². The van der Waals surface area contributed by atoms with Gasteiger partial charge in [0.15, 0.2) is 0 Å². The Kier molecular flexibility index (Phi) is 3.75. The Balaban J connectivity index is 2.75. The number of aliphatic imine (C=N–C) groups is 1.